The van der Waals surface area contributed by atoms with Crippen molar-refractivity contribution in [1.82, 2.24) is 10.6 Å². The van der Waals surface area contributed by atoms with Crippen LogP contribution in [-0.2, 0) is 4.79 Å². The van der Waals surface area contributed by atoms with Crippen LogP contribution in [0, 0.1) is 0 Å². The van der Waals surface area contributed by atoms with E-state index in [0.29, 0.717) is 5.56 Å². The first-order valence-corrected chi connectivity index (χ1v) is 9.17. The van der Waals surface area contributed by atoms with E-state index in [0.717, 1.165) is 4.47 Å². The number of benzene rings is 2. The van der Waals surface area contributed by atoms with Crippen LogP contribution in [-0.4, -0.2) is 36.5 Å². The summed E-state index contributed by atoms with van der Waals surface area (Å²) in [5, 5.41) is 6.72. The van der Waals surface area contributed by atoms with Crippen LogP contribution >= 0.6 is 15.9 Å². The minimum atomic E-state index is -4.56. The molecule has 0 aliphatic carbocycles. The molecule has 0 saturated heterocycles. The van der Waals surface area contributed by atoms with E-state index in [4.69, 9.17) is 0 Å². The zero-order valence-electron chi connectivity index (χ0n) is 15.1. The lowest BCUT2D eigenvalue weighted by Crippen LogP contribution is -2.42. The molecule has 2 aromatic rings. The van der Waals surface area contributed by atoms with Gasteiger partial charge in [0, 0.05) is 10.0 Å². The van der Waals surface area contributed by atoms with Crippen LogP contribution in [0.2, 0.25) is 0 Å². The largest absolute Gasteiger partial charge is 0.405 e. The van der Waals surface area contributed by atoms with E-state index in [1.54, 1.807) is 29.6 Å². The number of hydrogen-bond acceptors (Lipinski definition) is 3. The molecule has 0 radical (unpaired) electrons. The average Bonchev–Trinajstić information content (AvgIpc) is 2.66. The number of hydrogen-bond donors (Lipinski definition) is 3. The maximum absolute atomic E-state index is 12.4. The maximum atomic E-state index is 12.4. The molecule has 0 bridgehead atoms. The van der Waals surface area contributed by atoms with Crippen molar-refractivity contribution in [2.24, 2.45) is 0 Å². The van der Waals surface area contributed by atoms with Crippen molar-refractivity contribution in [1.29, 1.82) is 0 Å². The molecule has 6 nitrogen and oxygen atoms in total. The van der Waals surface area contributed by atoms with E-state index in [1.807, 2.05) is 0 Å². The third-order valence-corrected chi connectivity index (χ3v) is 4.25. The molecule has 0 aliphatic rings. The molecule has 0 aromatic heterocycles. The monoisotopic (exact) mass is 471 g/mol. The van der Waals surface area contributed by atoms with Crippen LogP contribution in [0.5, 0.6) is 0 Å². The maximum Gasteiger partial charge on any atom is 0.405 e. The van der Waals surface area contributed by atoms with Gasteiger partial charge in [0.25, 0.3) is 11.8 Å². The normalized spacial score (nSPS) is 12.0. The summed E-state index contributed by atoms with van der Waals surface area (Å²) >= 11 is 3.26. The minimum Gasteiger partial charge on any atom is -0.343 e. The van der Waals surface area contributed by atoms with Gasteiger partial charge in [0.1, 0.15) is 12.6 Å². The fourth-order valence-corrected chi connectivity index (χ4v) is 2.52. The van der Waals surface area contributed by atoms with Crippen LogP contribution < -0.4 is 16.0 Å². The molecule has 3 amide bonds. The number of carbonyl (C=O) groups excluding carboxylic acids is 3. The molecule has 1 unspecified atom stereocenters. The van der Waals surface area contributed by atoms with Crippen molar-refractivity contribution in [3.05, 3.63) is 64.1 Å². The molecule has 0 fully saturated rings. The summed E-state index contributed by atoms with van der Waals surface area (Å²) in [5.41, 5.74) is 0.248. The Balaban J connectivity index is 2.03. The first-order valence-electron chi connectivity index (χ1n) is 8.38. The van der Waals surface area contributed by atoms with Crippen LogP contribution in [0.3, 0.4) is 0 Å². The van der Waals surface area contributed by atoms with E-state index < -0.39 is 36.5 Å². The van der Waals surface area contributed by atoms with Crippen LogP contribution in [0.25, 0.3) is 0 Å². The molecule has 29 heavy (non-hydrogen) atoms. The molecule has 0 spiro atoms. The number of amides is 3. The Hall–Kier alpha value is -2.88. The molecule has 0 heterocycles. The quantitative estimate of drug-likeness (QED) is 0.602. The predicted octanol–water partition coefficient (Wildman–Crippen LogP) is 3.50. The van der Waals surface area contributed by atoms with Crippen LogP contribution in [0.4, 0.5) is 18.9 Å². The Morgan fingerprint density at radius 1 is 1.00 bits per heavy atom. The summed E-state index contributed by atoms with van der Waals surface area (Å²) in [6.45, 7) is -0.0494. The number of nitrogens with one attached hydrogen (secondary N) is 3. The molecular formula is C19H17BrF3N3O3. The van der Waals surface area contributed by atoms with E-state index in [-0.39, 0.29) is 11.3 Å². The molecule has 2 rings (SSSR count). The Morgan fingerprint density at radius 2 is 1.62 bits per heavy atom. The number of carbonyl (C=O) groups is 3. The molecule has 1 atom stereocenters. The fourth-order valence-electron chi connectivity index (χ4n) is 2.25. The van der Waals surface area contributed by atoms with Gasteiger partial charge in [0.15, 0.2) is 0 Å². The van der Waals surface area contributed by atoms with Crippen LogP contribution in [0.15, 0.2) is 53.0 Å². The van der Waals surface area contributed by atoms with E-state index in [9.17, 15) is 27.6 Å². The third-order valence-electron chi connectivity index (χ3n) is 3.73. The van der Waals surface area contributed by atoms with Crippen molar-refractivity contribution in [2.45, 2.75) is 19.1 Å². The highest BCUT2D eigenvalue weighted by Gasteiger charge is 2.28. The average molecular weight is 472 g/mol. The third kappa shape index (κ3) is 6.90. The number of para-hydroxylation sites is 1. The first kappa shape index (κ1) is 22.4. The first-order chi connectivity index (χ1) is 13.6. The van der Waals surface area contributed by atoms with E-state index >= 15 is 0 Å². The van der Waals surface area contributed by atoms with Gasteiger partial charge in [-0.3, -0.25) is 14.4 Å². The minimum absolute atomic E-state index is 0.0296. The van der Waals surface area contributed by atoms with E-state index in [1.165, 1.54) is 31.2 Å². The molecule has 2 aromatic carbocycles. The number of rotatable bonds is 6. The second-order valence-electron chi connectivity index (χ2n) is 6.03. The van der Waals surface area contributed by atoms with Gasteiger partial charge in [-0.1, -0.05) is 28.1 Å². The van der Waals surface area contributed by atoms with Gasteiger partial charge in [-0.25, -0.2) is 0 Å². The van der Waals surface area contributed by atoms with Gasteiger partial charge in [0.2, 0.25) is 5.91 Å². The van der Waals surface area contributed by atoms with E-state index in [2.05, 4.69) is 26.6 Å². The summed E-state index contributed by atoms with van der Waals surface area (Å²) in [7, 11) is 0. The van der Waals surface area contributed by atoms with Crippen molar-refractivity contribution >= 4 is 39.3 Å². The summed E-state index contributed by atoms with van der Waals surface area (Å²) in [4.78, 5) is 36.6. The molecule has 0 saturated carbocycles. The predicted molar refractivity (Wildman–Crippen MR) is 105 cm³/mol. The van der Waals surface area contributed by atoms with Gasteiger partial charge < -0.3 is 16.0 Å². The standard InChI is InChI=1S/C19H17BrF3N3O3/c1-11(25-17(28)12-6-8-13(20)9-7-12)16(27)26-15-5-3-2-4-14(15)18(29)24-10-19(21,22)23/h2-9,11H,10H2,1H3,(H,24,29)(H,25,28)(H,26,27). The van der Waals surface area contributed by atoms with Crippen molar-refractivity contribution in [2.75, 3.05) is 11.9 Å². The number of alkyl halides is 3. The molecular weight excluding hydrogens is 455 g/mol. The molecule has 10 heteroatoms. The SMILES string of the molecule is CC(NC(=O)c1ccc(Br)cc1)C(=O)Nc1ccccc1C(=O)NCC(F)(F)F. The van der Waals surface area contributed by atoms with Gasteiger partial charge >= 0.3 is 6.18 Å². The zero-order chi connectivity index (χ0) is 21.6. The topological polar surface area (TPSA) is 87.3 Å². The molecule has 0 aliphatic heterocycles. The lowest BCUT2D eigenvalue weighted by molar-refractivity contribution is -0.123. The highest BCUT2D eigenvalue weighted by Crippen LogP contribution is 2.17. The van der Waals surface area contributed by atoms with Gasteiger partial charge in [-0.2, -0.15) is 13.2 Å². The van der Waals surface area contributed by atoms with Gasteiger partial charge in [-0.05, 0) is 43.3 Å². The van der Waals surface area contributed by atoms with Crippen molar-refractivity contribution < 1.29 is 27.6 Å². The second kappa shape index (κ2) is 9.55. The number of anilines is 1. The van der Waals surface area contributed by atoms with Gasteiger partial charge in [-0.15, -0.1) is 0 Å². The van der Waals surface area contributed by atoms with Crippen LogP contribution in [0.1, 0.15) is 27.6 Å². The summed E-state index contributed by atoms with van der Waals surface area (Å²) in [6.07, 6.45) is -4.56. The zero-order valence-corrected chi connectivity index (χ0v) is 16.7. The highest BCUT2D eigenvalue weighted by molar-refractivity contribution is 9.10. The lowest BCUT2D eigenvalue weighted by atomic mass is 10.1. The molecule has 3 N–H and O–H groups in total. The van der Waals surface area contributed by atoms with Crippen molar-refractivity contribution in [3.63, 3.8) is 0 Å². The highest BCUT2D eigenvalue weighted by atomic mass is 79.9. The van der Waals surface area contributed by atoms with Crippen molar-refractivity contribution in [3.8, 4) is 0 Å². The summed E-state index contributed by atoms with van der Waals surface area (Å²) in [6, 6.07) is 11.2. The Bertz CT molecular complexity index is 902. The summed E-state index contributed by atoms with van der Waals surface area (Å²) < 4.78 is 37.7. The summed E-state index contributed by atoms with van der Waals surface area (Å²) in [5.74, 6) is -2.09. The smallest absolute Gasteiger partial charge is 0.343 e. The fraction of sp³-hybridized carbons (Fsp3) is 0.211. The Morgan fingerprint density at radius 3 is 2.24 bits per heavy atom. The lowest BCUT2D eigenvalue weighted by Gasteiger charge is -2.16. The molecule has 154 valence electrons. The second-order valence-corrected chi connectivity index (χ2v) is 6.95. The van der Waals surface area contributed by atoms with Gasteiger partial charge in [0.05, 0.1) is 11.3 Å². The Labute approximate surface area is 173 Å². The number of halogens is 4. The Kier molecular flexibility index (Phi) is 7.38.